The van der Waals surface area contributed by atoms with E-state index >= 15 is 0 Å². The molecule has 0 radical (unpaired) electrons. The third kappa shape index (κ3) is 4.30. The number of rotatable bonds is 6. The molecule has 3 N–H and O–H groups in total. The second-order valence-electron chi connectivity index (χ2n) is 8.32. The summed E-state index contributed by atoms with van der Waals surface area (Å²) in [4.78, 5) is 0. The summed E-state index contributed by atoms with van der Waals surface area (Å²) >= 11 is 0. The minimum Gasteiger partial charge on any atom is -0.497 e. The van der Waals surface area contributed by atoms with Crippen molar-refractivity contribution in [2.75, 3.05) is 7.11 Å². The first-order valence-electron chi connectivity index (χ1n) is 11.2. The molecule has 0 bridgehead atoms. The number of aryl methyl sites for hydroxylation is 1. The Morgan fingerprint density at radius 2 is 1.83 bits per heavy atom. The van der Waals surface area contributed by atoms with Crippen LogP contribution in [0.25, 0.3) is 11.3 Å². The topological polar surface area (TPSA) is 106 Å². The first kappa shape index (κ1) is 22.1. The van der Waals surface area contributed by atoms with Gasteiger partial charge in [-0.15, -0.1) is 5.10 Å². The van der Waals surface area contributed by atoms with Crippen LogP contribution in [-0.4, -0.2) is 17.3 Å². The van der Waals surface area contributed by atoms with Crippen molar-refractivity contribution in [1.82, 2.24) is 10.2 Å². The van der Waals surface area contributed by atoms with Gasteiger partial charge in [0, 0.05) is 5.56 Å². The van der Waals surface area contributed by atoms with Gasteiger partial charge in [0.2, 0.25) is 11.8 Å². The van der Waals surface area contributed by atoms with Crippen molar-refractivity contribution in [2.24, 2.45) is 5.73 Å². The molecule has 1 aliphatic rings. The van der Waals surface area contributed by atoms with Crippen molar-refractivity contribution in [1.29, 1.82) is 5.26 Å². The smallest absolute Gasteiger partial charge is 0.244 e. The predicted molar refractivity (Wildman–Crippen MR) is 132 cm³/mol. The minimum atomic E-state index is -0.470. The van der Waals surface area contributed by atoms with Crippen molar-refractivity contribution < 1.29 is 14.2 Å². The van der Waals surface area contributed by atoms with Crippen molar-refractivity contribution in [3.63, 3.8) is 0 Å². The molecule has 7 nitrogen and oxygen atoms in total. The number of aromatic amines is 1. The fraction of sp³-hybridized carbons (Fsp3) is 0.143. The molecule has 35 heavy (non-hydrogen) atoms. The first-order valence-corrected chi connectivity index (χ1v) is 11.2. The van der Waals surface area contributed by atoms with E-state index in [0.29, 0.717) is 23.8 Å². The van der Waals surface area contributed by atoms with Gasteiger partial charge in [-0.2, -0.15) is 5.26 Å². The molecule has 0 saturated heterocycles. The second kappa shape index (κ2) is 9.27. The van der Waals surface area contributed by atoms with E-state index in [-0.39, 0.29) is 5.88 Å². The summed E-state index contributed by atoms with van der Waals surface area (Å²) in [6, 6.07) is 25.8. The van der Waals surface area contributed by atoms with Crippen LogP contribution >= 0.6 is 0 Å². The van der Waals surface area contributed by atoms with E-state index in [1.54, 1.807) is 7.11 Å². The molecule has 5 rings (SSSR count). The van der Waals surface area contributed by atoms with Crippen molar-refractivity contribution in [3.8, 4) is 34.7 Å². The summed E-state index contributed by atoms with van der Waals surface area (Å²) in [5.74, 6) is 1.37. The van der Waals surface area contributed by atoms with Crippen LogP contribution in [0.5, 0.6) is 17.4 Å². The van der Waals surface area contributed by atoms with Gasteiger partial charge in [-0.3, -0.25) is 5.10 Å². The number of allylic oxidation sites excluding steroid dienone is 1. The van der Waals surface area contributed by atoms with Crippen LogP contribution in [0.1, 0.15) is 28.2 Å². The Kier molecular flexibility index (Phi) is 5.86. The monoisotopic (exact) mass is 464 g/mol. The number of nitrogens with two attached hydrogens (primary N) is 1. The molecule has 1 aromatic heterocycles. The number of methoxy groups -OCH3 is 1. The molecule has 174 valence electrons. The largest absolute Gasteiger partial charge is 0.497 e. The van der Waals surface area contributed by atoms with Gasteiger partial charge < -0.3 is 19.9 Å². The van der Waals surface area contributed by atoms with Gasteiger partial charge in [0.25, 0.3) is 0 Å². The molecule has 0 saturated carbocycles. The summed E-state index contributed by atoms with van der Waals surface area (Å²) < 4.78 is 17.1. The minimum absolute atomic E-state index is 0.0451. The molecule has 2 heterocycles. The lowest BCUT2D eigenvalue weighted by Crippen LogP contribution is -2.21. The Morgan fingerprint density at radius 3 is 2.54 bits per heavy atom. The summed E-state index contributed by atoms with van der Waals surface area (Å²) in [5, 5.41) is 17.4. The third-order valence-electron chi connectivity index (χ3n) is 6.04. The first-order chi connectivity index (χ1) is 17.1. The van der Waals surface area contributed by atoms with Gasteiger partial charge in [-0.05, 0) is 54.4 Å². The number of benzene rings is 3. The van der Waals surface area contributed by atoms with E-state index in [2.05, 4.69) is 35.3 Å². The number of nitriles is 1. The van der Waals surface area contributed by atoms with E-state index in [1.165, 1.54) is 5.56 Å². The van der Waals surface area contributed by atoms with E-state index in [4.69, 9.17) is 19.9 Å². The van der Waals surface area contributed by atoms with Crippen LogP contribution < -0.4 is 19.9 Å². The maximum Gasteiger partial charge on any atom is 0.244 e. The molecular weight excluding hydrogens is 440 g/mol. The lowest BCUT2D eigenvalue weighted by molar-refractivity contribution is 0.305. The third-order valence-corrected chi connectivity index (χ3v) is 6.04. The number of ether oxygens (including phenoxy) is 3. The Labute approximate surface area is 203 Å². The van der Waals surface area contributed by atoms with Gasteiger partial charge in [0.1, 0.15) is 29.7 Å². The quantitative estimate of drug-likeness (QED) is 0.407. The van der Waals surface area contributed by atoms with Gasteiger partial charge in [0.15, 0.2) is 0 Å². The average Bonchev–Trinajstić information content (AvgIpc) is 3.31. The normalized spacial score (nSPS) is 14.6. The fourth-order valence-corrected chi connectivity index (χ4v) is 4.19. The number of aromatic nitrogens is 2. The van der Waals surface area contributed by atoms with Crippen LogP contribution in [-0.2, 0) is 6.61 Å². The van der Waals surface area contributed by atoms with E-state index in [0.717, 1.165) is 33.7 Å². The van der Waals surface area contributed by atoms with Crippen LogP contribution in [0.4, 0.5) is 0 Å². The molecule has 4 aromatic rings. The number of nitrogens with zero attached hydrogens (tertiary/aromatic N) is 2. The Morgan fingerprint density at radius 1 is 1.06 bits per heavy atom. The van der Waals surface area contributed by atoms with Crippen LogP contribution in [0.3, 0.4) is 0 Å². The zero-order chi connectivity index (χ0) is 24.4. The molecule has 3 aromatic carbocycles. The zero-order valence-electron chi connectivity index (χ0n) is 19.4. The number of H-pyrrole nitrogens is 1. The SMILES string of the molecule is COc1ccc(-c2[nH]nc3c2[C@H](c2cccc(OCc4ccc(C)cc4)c2)C(C#N)=C(N)O3)cc1. The Balaban J connectivity index is 1.53. The standard InChI is InChI=1S/C28H24N4O3/c1-17-6-8-18(9-7-17)16-34-22-5-3-4-20(14-22)24-23(15-29)27(30)35-28-25(24)26(31-32-28)19-10-12-21(33-2)13-11-19/h3-14,24H,16,30H2,1-2H3,(H,31,32)/t24-/m1/s1. The molecule has 7 heteroatoms. The highest BCUT2D eigenvalue weighted by Gasteiger charge is 2.35. The molecular formula is C28H24N4O3. The van der Waals surface area contributed by atoms with E-state index in [1.807, 2.05) is 60.7 Å². The molecule has 0 spiro atoms. The molecule has 1 atom stereocenters. The molecule has 0 fully saturated rings. The maximum atomic E-state index is 9.98. The highest BCUT2D eigenvalue weighted by molar-refractivity contribution is 5.71. The fourth-order valence-electron chi connectivity index (χ4n) is 4.19. The highest BCUT2D eigenvalue weighted by Crippen LogP contribution is 2.46. The van der Waals surface area contributed by atoms with Crippen molar-refractivity contribution >= 4 is 0 Å². The Bertz CT molecular complexity index is 1430. The Hall–Kier alpha value is -4.70. The lowest BCUT2D eigenvalue weighted by atomic mass is 9.83. The van der Waals surface area contributed by atoms with Gasteiger partial charge in [-0.1, -0.05) is 42.0 Å². The summed E-state index contributed by atoms with van der Waals surface area (Å²) in [6.45, 7) is 2.49. The number of fused-ring (bicyclic) bond motifs is 1. The van der Waals surface area contributed by atoms with E-state index < -0.39 is 5.92 Å². The molecule has 1 aliphatic heterocycles. The summed E-state index contributed by atoms with van der Waals surface area (Å²) in [5.41, 5.74) is 12.0. The highest BCUT2D eigenvalue weighted by atomic mass is 16.5. The predicted octanol–water partition coefficient (Wildman–Crippen LogP) is 5.19. The number of hydrogen-bond donors (Lipinski definition) is 2. The second-order valence-corrected chi connectivity index (χ2v) is 8.32. The maximum absolute atomic E-state index is 9.98. The number of nitrogens with one attached hydrogen (secondary N) is 1. The van der Waals surface area contributed by atoms with Crippen LogP contribution in [0, 0.1) is 18.3 Å². The number of hydrogen-bond acceptors (Lipinski definition) is 6. The average molecular weight is 465 g/mol. The molecule has 0 amide bonds. The van der Waals surface area contributed by atoms with Crippen molar-refractivity contribution in [3.05, 3.63) is 107 Å². The lowest BCUT2D eigenvalue weighted by Gasteiger charge is -2.24. The molecule has 0 aliphatic carbocycles. The molecule has 0 unspecified atom stereocenters. The van der Waals surface area contributed by atoms with E-state index in [9.17, 15) is 5.26 Å². The summed E-state index contributed by atoms with van der Waals surface area (Å²) in [6.07, 6.45) is 0. The van der Waals surface area contributed by atoms with Crippen LogP contribution in [0.2, 0.25) is 0 Å². The van der Waals surface area contributed by atoms with Gasteiger partial charge >= 0.3 is 0 Å². The summed E-state index contributed by atoms with van der Waals surface area (Å²) in [7, 11) is 1.62. The van der Waals surface area contributed by atoms with Gasteiger partial charge in [-0.25, -0.2) is 0 Å². The van der Waals surface area contributed by atoms with Crippen molar-refractivity contribution in [2.45, 2.75) is 19.4 Å². The zero-order valence-corrected chi connectivity index (χ0v) is 19.4. The van der Waals surface area contributed by atoms with Gasteiger partial charge in [0.05, 0.1) is 24.3 Å². The van der Waals surface area contributed by atoms with Crippen LogP contribution in [0.15, 0.2) is 84.3 Å².